The van der Waals surface area contributed by atoms with Gasteiger partial charge in [-0.05, 0) is 31.2 Å². The van der Waals surface area contributed by atoms with E-state index in [1.807, 2.05) is 0 Å². The molecule has 0 unspecified atom stereocenters. The van der Waals surface area contributed by atoms with E-state index in [2.05, 4.69) is 5.32 Å². The minimum Gasteiger partial charge on any atom is -0.462 e. The molecule has 0 amide bonds. The molecule has 2 aromatic carbocycles. The number of carbonyl (C=O) groups excluding carboxylic acids is 2. The number of nitrogens with one attached hydrogen (secondary N) is 1. The lowest BCUT2D eigenvalue weighted by atomic mass is 10.0. The van der Waals surface area contributed by atoms with Crippen LogP contribution >= 0.6 is 11.6 Å². The Kier molecular flexibility index (Phi) is 6.57. The van der Waals surface area contributed by atoms with Crippen LogP contribution in [0, 0.1) is 23.3 Å². The van der Waals surface area contributed by atoms with E-state index in [1.54, 1.807) is 0 Å². The summed E-state index contributed by atoms with van der Waals surface area (Å²) in [6.07, 6.45) is 0.861. The van der Waals surface area contributed by atoms with Crippen molar-refractivity contribution < 1.29 is 31.9 Å². The molecule has 9 heteroatoms. The van der Waals surface area contributed by atoms with Crippen LogP contribution in [0.25, 0.3) is 0 Å². The average molecular weight is 402 g/mol. The molecule has 0 aromatic heterocycles. The van der Waals surface area contributed by atoms with E-state index >= 15 is 0 Å². The van der Waals surface area contributed by atoms with Gasteiger partial charge in [0.25, 0.3) is 0 Å². The molecule has 2 aromatic rings. The topological polar surface area (TPSA) is 55.4 Å². The Hall–Kier alpha value is -2.87. The summed E-state index contributed by atoms with van der Waals surface area (Å²) < 4.78 is 58.1. The number of Topliss-reactive ketones (excluding diaryl/α,β-unsaturated/α-hetero) is 1. The molecule has 0 bridgehead atoms. The van der Waals surface area contributed by atoms with Gasteiger partial charge in [0, 0.05) is 12.3 Å². The molecule has 142 valence electrons. The third-order valence-corrected chi connectivity index (χ3v) is 3.61. The van der Waals surface area contributed by atoms with Gasteiger partial charge in [-0.3, -0.25) is 4.79 Å². The average Bonchev–Trinajstić information content (AvgIpc) is 2.60. The van der Waals surface area contributed by atoms with Gasteiger partial charge < -0.3 is 10.1 Å². The molecule has 0 atom stereocenters. The molecule has 0 heterocycles. The van der Waals surface area contributed by atoms with Crippen molar-refractivity contribution in [1.29, 1.82) is 0 Å². The monoisotopic (exact) mass is 401 g/mol. The number of anilines is 1. The van der Waals surface area contributed by atoms with E-state index in [0.29, 0.717) is 6.07 Å². The van der Waals surface area contributed by atoms with E-state index in [9.17, 15) is 27.2 Å². The maximum Gasteiger partial charge on any atom is 0.343 e. The van der Waals surface area contributed by atoms with E-state index in [1.165, 1.54) is 13.0 Å². The second-order valence-corrected chi connectivity index (χ2v) is 5.53. The van der Waals surface area contributed by atoms with Crippen LogP contribution < -0.4 is 5.32 Å². The maximum atomic E-state index is 13.9. The van der Waals surface area contributed by atoms with Crippen molar-refractivity contribution in [3.8, 4) is 0 Å². The summed E-state index contributed by atoms with van der Waals surface area (Å²) in [6.45, 7) is 1.38. The van der Waals surface area contributed by atoms with Gasteiger partial charge in [-0.15, -0.1) is 0 Å². The molecule has 0 saturated heterocycles. The van der Waals surface area contributed by atoms with Crippen LogP contribution in [0.5, 0.6) is 0 Å². The molecule has 0 aliphatic heterocycles. The number of ether oxygens (including phenoxy) is 1. The zero-order valence-electron chi connectivity index (χ0n) is 13.8. The molecular formula is C18H12ClF4NO3. The minimum absolute atomic E-state index is 0.0547. The third kappa shape index (κ3) is 4.85. The van der Waals surface area contributed by atoms with Gasteiger partial charge in [0.2, 0.25) is 5.78 Å². The highest BCUT2D eigenvalue weighted by molar-refractivity contribution is 6.33. The summed E-state index contributed by atoms with van der Waals surface area (Å²) in [7, 11) is 0. The number of halogens is 5. The summed E-state index contributed by atoms with van der Waals surface area (Å²) in [6, 6.07) is 3.82. The number of benzene rings is 2. The second kappa shape index (κ2) is 8.68. The van der Waals surface area contributed by atoms with Crippen LogP contribution in [0.4, 0.5) is 23.2 Å². The first-order chi connectivity index (χ1) is 12.7. The first-order valence-corrected chi connectivity index (χ1v) is 7.90. The molecule has 27 heavy (non-hydrogen) atoms. The lowest BCUT2D eigenvalue weighted by molar-refractivity contribution is -0.138. The first kappa shape index (κ1) is 20.4. The smallest absolute Gasteiger partial charge is 0.343 e. The van der Waals surface area contributed by atoms with Crippen molar-refractivity contribution in [3.05, 3.63) is 76.0 Å². The van der Waals surface area contributed by atoms with Gasteiger partial charge in [0.15, 0.2) is 11.6 Å². The predicted octanol–water partition coefficient (Wildman–Crippen LogP) is 4.64. The molecule has 1 N–H and O–H groups in total. The molecule has 0 spiro atoms. The first-order valence-electron chi connectivity index (χ1n) is 7.52. The Morgan fingerprint density at radius 3 is 2.37 bits per heavy atom. The van der Waals surface area contributed by atoms with Gasteiger partial charge in [-0.2, -0.15) is 0 Å². The fraction of sp³-hybridized carbons (Fsp3) is 0.111. The number of ketones is 1. The zero-order valence-corrected chi connectivity index (χ0v) is 14.5. The van der Waals surface area contributed by atoms with Gasteiger partial charge in [0.05, 0.1) is 22.9 Å². The van der Waals surface area contributed by atoms with Crippen molar-refractivity contribution in [2.24, 2.45) is 0 Å². The molecule has 0 radical (unpaired) electrons. The van der Waals surface area contributed by atoms with Crippen LogP contribution in [0.2, 0.25) is 5.02 Å². The summed E-state index contributed by atoms with van der Waals surface area (Å²) in [5.41, 5.74) is -1.42. The van der Waals surface area contributed by atoms with Gasteiger partial charge >= 0.3 is 5.97 Å². The summed E-state index contributed by atoms with van der Waals surface area (Å²) in [5.74, 6) is -7.28. The number of rotatable bonds is 6. The van der Waals surface area contributed by atoms with Crippen LogP contribution in [-0.4, -0.2) is 18.4 Å². The largest absolute Gasteiger partial charge is 0.462 e. The number of esters is 1. The van der Waals surface area contributed by atoms with Gasteiger partial charge in [-0.25, -0.2) is 22.4 Å². The third-order valence-electron chi connectivity index (χ3n) is 3.30. The minimum atomic E-state index is -1.48. The van der Waals surface area contributed by atoms with E-state index in [0.717, 1.165) is 18.3 Å². The fourth-order valence-corrected chi connectivity index (χ4v) is 2.25. The van der Waals surface area contributed by atoms with Crippen LogP contribution in [0.3, 0.4) is 0 Å². The number of hydrogen-bond donors (Lipinski definition) is 1. The molecule has 0 aliphatic rings. The highest BCUT2D eigenvalue weighted by atomic mass is 35.5. The SMILES string of the molecule is CCOC(=O)C(=CNc1ccc(F)cc1Cl)C(=O)c1cc(F)c(F)cc1F. The zero-order chi connectivity index (χ0) is 20.1. The van der Waals surface area contributed by atoms with Crippen molar-refractivity contribution in [3.63, 3.8) is 0 Å². The number of carbonyl (C=O) groups is 2. The van der Waals surface area contributed by atoms with Crippen molar-refractivity contribution in [2.45, 2.75) is 6.92 Å². The van der Waals surface area contributed by atoms with Crippen molar-refractivity contribution in [2.75, 3.05) is 11.9 Å². The second-order valence-electron chi connectivity index (χ2n) is 5.12. The van der Waals surface area contributed by atoms with Gasteiger partial charge in [-0.1, -0.05) is 11.6 Å². The summed E-state index contributed by atoms with van der Waals surface area (Å²) in [5, 5.41) is 2.45. The fourth-order valence-electron chi connectivity index (χ4n) is 2.02. The van der Waals surface area contributed by atoms with E-state index in [4.69, 9.17) is 16.3 Å². The lowest BCUT2D eigenvalue weighted by Crippen LogP contribution is -2.19. The molecule has 2 rings (SSSR count). The Labute approximate surface area is 156 Å². The summed E-state index contributed by atoms with van der Waals surface area (Å²) >= 11 is 5.83. The van der Waals surface area contributed by atoms with E-state index in [-0.39, 0.29) is 23.4 Å². The quantitative estimate of drug-likeness (QED) is 0.146. The van der Waals surface area contributed by atoms with Crippen molar-refractivity contribution in [1.82, 2.24) is 0 Å². The van der Waals surface area contributed by atoms with Crippen LogP contribution in [-0.2, 0) is 9.53 Å². The molecule has 0 saturated carbocycles. The highest BCUT2D eigenvalue weighted by Gasteiger charge is 2.25. The molecular weight excluding hydrogens is 390 g/mol. The van der Waals surface area contributed by atoms with Crippen molar-refractivity contribution >= 4 is 29.0 Å². The Morgan fingerprint density at radius 2 is 1.74 bits per heavy atom. The van der Waals surface area contributed by atoms with Crippen LogP contribution in [0.15, 0.2) is 42.1 Å². The van der Waals surface area contributed by atoms with E-state index < -0.39 is 46.2 Å². The summed E-state index contributed by atoms with van der Waals surface area (Å²) in [4.78, 5) is 24.5. The highest BCUT2D eigenvalue weighted by Crippen LogP contribution is 2.23. The Morgan fingerprint density at radius 1 is 1.07 bits per heavy atom. The lowest BCUT2D eigenvalue weighted by Gasteiger charge is -2.10. The maximum absolute atomic E-state index is 13.9. The number of hydrogen-bond acceptors (Lipinski definition) is 4. The van der Waals surface area contributed by atoms with Crippen LogP contribution in [0.1, 0.15) is 17.3 Å². The molecule has 0 fully saturated rings. The Bertz CT molecular complexity index is 931. The standard InChI is InChI=1S/C18H12ClF4NO3/c1-2-27-18(26)11(8-24-16-4-3-9(20)5-12(16)19)17(25)10-6-14(22)15(23)7-13(10)21/h3-8,24H,2H2,1H3. The molecule has 0 aliphatic carbocycles. The predicted molar refractivity (Wildman–Crippen MR) is 90.4 cm³/mol. The Balaban J connectivity index is 2.43. The van der Waals surface area contributed by atoms with Gasteiger partial charge in [0.1, 0.15) is 17.2 Å². The molecule has 4 nitrogen and oxygen atoms in total. The normalized spacial score (nSPS) is 11.3.